The van der Waals surface area contributed by atoms with Crippen molar-refractivity contribution in [2.24, 2.45) is 0 Å². The molecule has 0 amide bonds. The largest absolute Gasteiger partial charge is 0.448 e. The highest BCUT2D eigenvalue weighted by Crippen LogP contribution is 2.47. The lowest BCUT2D eigenvalue weighted by atomic mass is 10.2. The maximum atomic E-state index is 13.8. The molecular weight excluding hydrogens is 352 g/mol. The molecule has 8 heteroatoms. The van der Waals surface area contributed by atoms with Gasteiger partial charge in [0.1, 0.15) is 16.5 Å². The molecule has 4 rings (SSSR count). The Kier molecular flexibility index (Phi) is 3.61. The lowest BCUT2D eigenvalue weighted by Gasteiger charge is -2.21. The molecule has 25 heavy (non-hydrogen) atoms. The molecule has 2 aliphatic rings. The van der Waals surface area contributed by atoms with Crippen LogP contribution in [0.3, 0.4) is 0 Å². The van der Waals surface area contributed by atoms with Gasteiger partial charge in [0.25, 0.3) is 15.8 Å². The average molecular weight is 367 g/mol. The first-order chi connectivity index (χ1) is 11.9. The van der Waals surface area contributed by atoms with Gasteiger partial charge in [-0.05, 0) is 43.2 Å². The molecule has 132 valence electrons. The molecule has 0 bridgehead atoms. The highest BCUT2D eigenvalue weighted by molar-refractivity contribution is 7.92. The van der Waals surface area contributed by atoms with E-state index in [1.165, 1.54) is 12.1 Å². The summed E-state index contributed by atoms with van der Waals surface area (Å²) in [5.74, 6) is -1.55. The lowest BCUT2D eigenvalue weighted by Crippen LogP contribution is -2.34. The van der Waals surface area contributed by atoms with Crippen molar-refractivity contribution < 1.29 is 26.7 Å². The van der Waals surface area contributed by atoms with Gasteiger partial charge in [0.2, 0.25) is 0 Å². The van der Waals surface area contributed by atoms with Crippen molar-refractivity contribution in [3.63, 3.8) is 0 Å². The molecule has 0 unspecified atom stereocenters. The van der Waals surface area contributed by atoms with Crippen molar-refractivity contribution in [2.75, 3.05) is 4.72 Å². The van der Waals surface area contributed by atoms with Crippen molar-refractivity contribution in [1.29, 1.82) is 0 Å². The molecule has 5 nitrogen and oxygen atoms in total. The predicted molar refractivity (Wildman–Crippen MR) is 86.1 cm³/mol. The Balaban J connectivity index is 1.61. The number of sulfonamides is 1. The molecule has 0 atom stereocenters. The second-order valence-corrected chi connectivity index (χ2v) is 7.81. The third-order valence-electron chi connectivity index (χ3n) is 4.34. The average Bonchev–Trinajstić information content (AvgIpc) is 3.15. The van der Waals surface area contributed by atoms with Crippen LogP contribution in [0, 0.1) is 11.6 Å². The van der Waals surface area contributed by atoms with Crippen molar-refractivity contribution in [1.82, 2.24) is 0 Å². The third kappa shape index (κ3) is 2.90. The smallest absolute Gasteiger partial charge is 0.264 e. The molecular formula is C17H15F2NO4S. The summed E-state index contributed by atoms with van der Waals surface area (Å²) in [6.45, 7) is 0. The minimum atomic E-state index is -4.27. The van der Waals surface area contributed by atoms with E-state index >= 15 is 0 Å². The van der Waals surface area contributed by atoms with Crippen LogP contribution in [0.4, 0.5) is 14.5 Å². The van der Waals surface area contributed by atoms with Gasteiger partial charge in [0.05, 0.1) is 5.69 Å². The normalized spacial score (nSPS) is 17.8. The van der Waals surface area contributed by atoms with Gasteiger partial charge in [0.15, 0.2) is 11.5 Å². The van der Waals surface area contributed by atoms with E-state index in [1.54, 1.807) is 6.07 Å². The first kappa shape index (κ1) is 16.1. The standard InChI is InChI=1S/C17H15F2NO4S/c18-11-3-5-13(19)16(9-11)25(21,22)20-12-4-6-14-15(10-12)24-17(23-14)7-1-2-8-17/h3-6,9-10,20H,1-2,7-8H2. The van der Waals surface area contributed by atoms with Crippen molar-refractivity contribution in [2.45, 2.75) is 36.4 Å². The zero-order valence-corrected chi connectivity index (χ0v) is 13.9. The maximum Gasteiger partial charge on any atom is 0.264 e. The molecule has 1 heterocycles. The summed E-state index contributed by atoms with van der Waals surface area (Å²) >= 11 is 0. The van der Waals surface area contributed by atoms with E-state index in [2.05, 4.69) is 4.72 Å². The van der Waals surface area contributed by atoms with Crippen molar-refractivity contribution in [3.8, 4) is 11.5 Å². The van der Waals surface area contributed by atoms with Crippen LogP contribution >= 0.6 is 0 Å². The number of hydrogen-bond donors (Lipinski definition) is 1. The van der Waals surface area contributed by atoms with Crippen LogP contribution in [-0.2, 0) is 10.0 Å². The van der Waals surface area contributed by atoms with Gasteiger partial charge in [-0.25, -0.2) is 17.2 Å². The van der Waals surface area contributed by atoms with Gasteiger partial charge >= 0.3 is 0 Å². The molecule has 0 saturated heterocycles. The molecule has 2 aromatic rings. The highest BCUT2D eigenvalue weighted by Gasteiger charge is 2.44. The number of ether oxygens (including phenoxy) is 2. The monoisotopic (exact) mass is 367 g/mol. The van der Waals surface area contributed by atoms with E-state index in [0.717, 1.165) is 37.8 Å². The van der Waals surface area contributed by atoms with Gasteiger partial charge < -0.3 is 9.47 Å². The van der Waals surface area contributed by atoms with Gasteiger partial charge in [-0.3, -0.25) is 4.72 Å². The molecule has 1 aliphatic heterocycles. The minimum Gasteiger partial charge on any atom is -0.448 e. The lowest BCUT2D eigenvalue weighted by molar-refractivity contribution is -0.0716. The fourth-order valence-electron chi connectivity index (χ4n) is 3.17. The Morgan fingerprint density at radius 1 is 0.960 bits per heavy atom. The Labute approximate surface area is 143 Å². The van der Waals surface area contributed by atoms with E-state index in [9.17, 15) is 17.2 Å². The van der Waals surface area contributed by atoms with Crippen LogP contribution in [-0.4, -0.2) is 14.2 Å². The van der Waals surface area contributed by atoms with Gasteiger partial charge in [-0.2, -0.15) is 0 Å². The Morgan fingerprint density at radius 2 is 1.68 bits per heavy atom. The summed E-state index contributed by atoms with van der Waals surface area (Å²) < 4.78 is 65.7. The number of benzene rings is 2. The molecule has 1 spiro atoms. The Morgan fingerprint density at radius 3 is 2.44 bits per heavy atom. The highest BCUT2D eigenvalue weighted by atomic mass is 32.2. The molecule has 0 radical (unpaired) electrons. The van der Waals surface area contributed by atoms with E-state index in [0.29, 0.717) is 17.6 Å². The first-order valence-corrected chi connectivity index (χ1v) is 9.35. The van der Waals surface area contributed by atoms with Gasteiger partial charge in [-0.15, -0.1) is 0 Å². The summed E-state index contributed by atoms with van der Waals surface area (Å²) in [5, 5.41) is 0. The van der Waals surface area contributed by atoms with Crippen LogP contribution in [0.25, 0.3) is 0 Å². The summed E-state index contributed by atoms with van der Waals surface area (Å²) in [5.41, 5.74) is 0.182. The zero-order chi connectivity index (χ0) is 17.7. The second-order valence-electron chi connectivity index (χ2n) is 6.16. The number of fused-ring (bicyclic) bond motifs is 1. The quantitative estimate of drug-likeness (QED) is 0.896. The molecule has 1 aliphatic carbocycles. The van der Waals surface area contributed by atoms with Crippen molar-refractivity contribution in [3.05, 3.63) is 48.0 Å². The zero-order valence-electron chi connectivity index (χ0n) is 13.1. The van der Waals surface area contributed by atoms with Crippen molar-refractivity contribution >= 4 is 15.7 Å². The molecule has 1 saturated carbocycles. The van der Waals surface area contributed by atoms with Crippen LogP contribution in [0.2, 0.25) is 0 Å². The molecule has 2 aromatic carbocycles. The fraction of sp³-hybridized carbons (Fsp3) is 0.294. The molecule has 1 fully saturated rings. The molecule has 0 aromatic heterocycles. The van der Waals surface area contributed by atoms with Crippen LogP contribution < -0.4 is 14.2 Å². The van der Waals surface area contributed by atoms with E-state index < -0.39 is 32.3 Å². The number of nitrogens with one attached hydrogen (secondary N) is 1. The van der Waals surface area contributed by atoms with Crippen LogP contribution in [0.1, 0.15) is 25.7 Å². The topological polar surface area (TPSA) is 64.6 Å². The summed E-state index contributed by atoms with van der Waals surface area (Å²) in [6, 6.07) is 6.84. The number of hydrogen-bond acceptors (Lipinski definition) is 4. The number of halogens is 2. The summed E-state index contributed by atoms with van der Waals surface area (Å²) in [6.07, 6.45) is 3.56. The Bertz CT molecular complexity index is 940. The fourth-order valence-corrected chi connectivity index (χ4v) is 4.31. The summed E-state index contributed by atoms with van der Waals surface area (Å²) in [4.78, 5) is -0.752. The Hall–Kier alpha value is -2.35. The first-order valence-electron chi connectivity index (χ1n) is 7.87. The maximum absolute atomic E-state index is 13.8. The molecule has 1 N–H and O–H groups in total. The summed E-state index contributed by atoms with van der Waals surface area (Å²) in [7, 11) is -4.27. The number of anilines is 1. The van der Waals surface area contributed by atoms with Gasteiger partial charge in [0, 0.05) is 18.9 Å². The SMILES string of the molecule is O=S(=O)(Nc1ccc2c(c1)OC1(CCCC1)O2)c1cc(F)ccc1F. The van der Waals surface area contributed by atoms with Crippen LogP contribution in [0.15, 0.2) is 41.3 Å². The minimum absolute atomic E-state index is 0.182. The van der Waals surface area contributed by atoms with E-state index in [4.69, 9.17) is 9.47 Å². The van der Waals surface area contributed by atoms with Crippen LogP contribution in [0.5, 0.6) is 11.5 Å². The third-order valence-corrected chi connectivity index (χ3v) is 5.73. The van der Waals surface area contributed by atoms with E-state index in [1.807, 2.05) is 0 Å². The number of rotatable bonds is 3. The van der Waals surface area contributed by atoms with Gasteiger partial charge in [-0.1, -0.05) is 0 Å². The van der Waals surface area contributed by atoms with E-state index in [-0.39, 0.29) is 5.69 Å². The predicted octanol–water partition coefficient (Wildman–Crippen LogP) is 3.81. The second kappa shape index (κ2) is 5.59.